The average Bonchev–Trinajstić information content (AvgIpc) is 2.69. The van der Waals surface area contributed by atoms with Crippen molar-refractivity contribution < 1.29 is 9.59 Å². The third kappa shape index (κ3) is 3.69. The van der Waals surface area contributed by atoms with Gasteiger partial charge in [-0.1, -0.05) is 35.9 Å². The number of anilines is 1. The number of hydrogen-bond donors (Lipinski definition) is 2. The lowest BCUT2D eigenvalue weighted by molar-refractivity contribution is -0.120. The summed E-state index contributed by atoms with van der Waals surface area (Å²) < 4.78 is 0. The topological polar surface area (TPSA) is 61.4 Å². The summed E-state index contributed by atoms with van der Waals surface area (Å²) in [6, 6.07) is 15.1. The maximum absolute atomic E-state index is 12.8. The molecule has 2 N–H and O–H groups in total. The summed E-state index contributed by atoms with van der Waals surface area (Å²) in [7, 11) is 0. The van der Waals surface area contributed by atoms with Crippen molar-refractivity contribution in [3.8, 4) is 0 Å². The Bertz CT molecular complexity index is 908. The number of fused-ring (bicyclic) bond motifs is 1. The minimum atomic E-state index is -0.205. The van der Waals surface area contributed by atoms with Gasteiger partial charge in [-0.15, -0.1) is 0 Å². The smallest absolute Gasteiger partial charge is 0.269 e. The van der Waals surface area contributed by atoms with Crippen LogP contribution in [0.1, 0.15) is 36.4 Å². The van der Waals surface area contributed by atoms with E-state index in [1.165, 1.54) is 16.1 Å². The van der Waals surface area contributed by atoms with Crippen molar-refractivity contribution in [1.29, 1.82) is 0 Å². The fraction of sp³-hybridized carbons (Fsp3) is 0.238. The first-order valence-electron chi connectivity index (χ1n) is 9.06. The van der Waals surface area contributed by atoms with Gasteiger partial charge in [-0.05, 0) is 60.7 Å². The molecule has 0 spiro atoms. The SMILES string of the molecule is O=C(NC1CCCc2ccccc21)C1=CCC(=O)N(c2ccc(Cl)cc2)N1. The lowest BCUT2D eigenvalue weighted by Crippen LogP contribution is -2.49. The molecule has 0 saturated carbocycles. The molecule has 5 nitrogen and oxygen atoms in total. The van der Waals surface area contributed by atoms with Crippen LogP contribution in [0.25, 0.3) is 0 Å². The quantitative estimate of drug-likeness (QED) is 0.852. The number of carbonyl (C=O) groups excluding carboxylic acids is 2. The van der Waals surface area contributed by atoms with E-state index in [9.17, 15) is 9.59 Å². The number of hydrogen-bond acceptors (Lipinski definition) is 3. The van der Waals surface area contributed by atoms with E-state index in [-0.39, 0.29) is 24.3 Å². The van der Waals surface area contributed by atoms with Crippen molar-refractivity contribution >= 4 is 29.1 Å². The Morgan fingerprint density at radius 2 is 1.93 bits per heavy atom. The number of rotatable bonds is 3. The molecule has 2 amide bonds. The Balaban J connectivity index is 1.49. The van der Waals surface area contributed by atoms with Gasteiger partial charge in [0.2, 0.25) is 5.91 Å². The highest BCUT2D eigenvalue weighted by atomic mass is 35.5. The monoisotopic (exact) mass is 381 g/mol. The number of aryl methyl sites for hydroxylation is 1. The molecule has 27 heavy (non-hydrogen) atoms. The van der Waals surface area contributed by atoms with Crippen LogP contribution in [0.2, 0.25) is 5.02 Å². The van der Waals surface area contributed by atoms with E-state index in [4.69, 9.17) is 11.6 Å². The second-order valence-electron chi connectivity index (χ2n) is 6.76. The highest BCUT2D eigenvalue weighted by Crippen LogP contribution is 2.29. The van der Waals surface area contributed by atoms with Gasteiger partial charge in [-0.2, -0.15) is 0 Å². The summed E-state index contributed by atoms with van der Waals surface area (Å²) in [5.41, 5.74) is 6.44. The summed E-state index contributed by atoms with van der Waals surface area (Å²) >= 11 is 5.92. The third-order valence-electron chi connectivity index (χ3n) is 4.97. The van der Waals surface area contributed by atoms with Crippen molar-refractivity contribution in [1.82, 2.24) is 10.7 Å². The number of halogens is 1. The molecule has 1 unspecified atom stereocenters. The average molecular weight is 382 g/mol. The number of nitrogens with zero attached hydrogens (tertiary/aromatic N) is 1. The second-order valence-corrected chi connectivity index (χ2v) is 7.19. The number of amides is 2. The predicted octanol–water partition coefficient (Wildman–Crippen LogP) is 3.66. The first-order chi connectivity index (χ1) is 13.1. The fourth-order valence-electron chi connectivity index (χ4n) is 3.59. The van der Waals surface area contributed by atoms with Crippen LogP contribution >= 0.6 is 11.6 Å². The second kappa shape index (κ2) is 7.45. The molecule has 0 saturated heterocycles. The van der Waals surface area contributed by atoms with Crippen LogP contribution in [0.5, 0.6) is 0 Å². The highest BCUT2D eigenvalue weighted by molar-refractivity contribution is 6.30. The normalized spacial score (nSPS) is 19.0. The minimum absolute atomic E-state index is 0.00763. The van der Waals surface area contributed by atoms with Gasteiger partial charge < -0.3 is 5.32 Å². The number of carbonyl (C=O) groups is 2. The van der Waals surface area contributed by atoms with E-state index in [1.54, 1.807) is 30.3 Å². The van der Waals surface area contributed by atoms with Gasteiger partial charge in [0.25, 0.3) is 5.91 Å². The standard InChI is InChI=1S/C21H20ClN3O2/c22-15-8-10-16(11-9-15)25-20(26)13-12-19(24-25)21(27)23-18-7-3-5-14-4-1-2-6-17(14)18/h1-2,4,6,8-12,18,24H,3,5,7,13H2,(H,23,27). The van der Waals surface area contributed by atoms with Gasteiger partial charge in [-0.25, -0.2) is 5.01 Å². The Labute approximate surface area is 163 Å². The van der Waals surface area contributed by atoms with Crippen molar-refractivity contribution in [3.05, 3.63) is 76.5 Å². The molecular formula is C21H20ClN3O2. The summed E-state index contributed by atoms with van der Waals surface area (Å²) in [5.74, 6) is -0.333. The van der Waals surface area contributed by atoms with Crippen LogP contribution in [0.4, 0.5) is 5.69 Å². The molecule has 2 aromatic rings. The first kappa shape index (κ1) is 17.6. The predicted molar refractivity (Wildman–Crippen MR) is 105 cm³/mol. The molecule has 1 heterocycles. The molecule has 6 heteroatoms. The van der Waals surface area contributed by atoms with E-state index in [2.05, 4.69) is 22.9 Å². The first-order valence-corrected chi connectivity index (χ1v) is 9.43. The molecule has 138 valence electrons. The summed E-state index contributed by atoms with van der Waals surface area (Å²) in [6.07, 6.45) is 4.81. The van der Waals surface area contributed by atoms with Crippen molar-refractivity contribution in [2.75, 3.05) is 5.01 Å². The minimum Gasteiger partial charge on any atom is -0.344 e. The van der Waals surface area contributed by atoms with Crippen LogP contribution in [-0.2, 0) is 16.0 Å². The number of benzene rings is 2. The van der Waals surface area contributed by atoms with Crippen LogP contribution < -0.4 is 15.8 Å². The highest BCUT2D eigenvalue weighted by Gasteiger charge is 2.27. The maximum atomic E-state index is 12.8. The Morgan fingerprint density at radius 3 is 2.74 bits per heavy atom. The molecule has 1 atom stereocenters. The van der Waals surface area contributed by atoms with E-state index < -0.39 is 0 Å². The zero-order valence-electron chi connectivity index (χ0n) is 14.7. The zero-order valence-corrected chi connectivity index (χ0v) is 15.5. The molecule has 4 rings (SSSR count). The number of nitrogens with one attached hydrogen (secondary N) is 2. The molecule has 2 aliphatic rings. The van der Waals surface area contributed by atoms with Crippen molar-refractivity contribution in [2.24, 2.45) is 0 Å². The Kier molecular flexibility index (Phi) is 4.86. The van der Waals surface area contributed by atoms with E-state index in [0.717, 1.165) is 19.3 Å². The van der Waals surface area contributed by atoms with Crippen LogP contribution in [0, 0.1) is 0 Å². The Hall–Kier alpha value is -2.79. The fourth-order valence-corrected chi connectivity index (χ4v) is 3.72. The summed E-state index contributed by atoms with van der Waals surface area (Å²) in [4.78, 5) is 25.1. The summed E-state index contributed by atoms with van der Waals surface area (Å²) in [5, 5.41) is 5.09. The molecule has 0 radical (unpaired) electrons. The molecule has 0 fully saturated rings. The largest absolute Gasteiger partial charge is 0.344 e. The Morgan fingerprint density at radius 1 is 1.15 bits per heavy atom. The van der Waals surface area contributed by atoms with Crippen LogP contribution in [-0.4, -0.2) is 11.8 Å². The number of hydrazine groups is 1. The van der Waals surface area contributed by atoms with E-state index in [1.807, 2.05) is 12.1 Å². The zero-order chi connectivity index (χ0) is 18.8. The lowest BCUT2D eigenvalue weighted by Gasteiger charge is -2.31. The molecule has 0 aromatic heterocycles. The summed E-state index contributed by atoms with van der Waals surface area (Å²) in [6.45, 7) is 0. The molecule has 1 aliphatic heterocycles. The van der Waals surface area contributed by atoms with Crippen LogP contribution in [0.3, 0.4) is 0 Å². The van der Waals surface area contributed by atoms with Crippen LogP contribution in [0.15, 0.2) is 60.3 Å². The van der Waals surface area contributed by atoms with Gasteiger partial charge >= 0.3 is 0 Å². The van der Waals surface area contributed by atoms with Gasteiger partial charge in [0.15, 0.2) is 0 Å². The van der Waals surface area contributed by atoms with Crippen molar-refractivity contribution in [2.45, 2.75) is 31.7 Å². The molecular weight excluding hydrogens is 362 g/mol. The maximum Gasteiger partial charge on any atom is 0.269 e. The van der Waals surface area contributed by atoms with Gasteiger partial charge in [0.1, 0.15) is 5.70 Å². The van der Waals surface area contributed by atoms with E-state index in [0.29, 0.717) is 16.4 Å². The molecule has 1 aliphatic carbocycles. The van der Waals surface area contributed by atoms with Gasteiger partial charge in [0, 0.05) is 11.4 Å². The third-order valence-corrected chi connectivity index (χ3v) is 5.22. The van der Waals surface area contributed by atoms with Gasteiger partial charge in [-0.3, -0.25) is 15.0 Å². The van der Waals surface area contributed by atoms with E-state index >= 15 is 0 Å². The molecule has 0 bridgehead atoms. The lowest BCUT2D eigenvalue weighted by atomic mass is 9.87. The molecule has 2 aromatic carbocycles. The van der Waals surface area contributed by atoms with Gasteiger partial charge in [0.05, 0.1) is 11.7 Å². The van der Waals surface area contributed by atoms with Crippen molar-refractivity contribution in [3.63, 3.8) is 0 Å².